The quantitative estimate of drug-likeness (QED) is 0.257. The SMILES string of the molecule is COc1cc(-c2cc3nccc(-c4cc(OC(C)C)cc(C(=O)N[C@@H]5CCCC[C@@H]5N)c4)c3o2)cc(OC)c1OC. The molecule has 4 aromatic rings. The van der Waals surface area contributed by atoms with Crippen LogP contribution in [0.2, 0.25) is 0 Å². The average molecular weight is 560 g/mol. The van der Waals surface area contributed by atoms with Crippen molar-refractivity contribution in [3.8, 4) is 45.4 Å². The van der Waals surface area contributed by atoms with Gasteiger partial charge in [-0.25, -0.2) is 0 Å². The number of aromatic nitrogens is 1. The maximum atomic E-state index is 13.4. The Morgan fingerprint density at radius 1 is 0.976 bits per heavy atom. The van der Waals surface area contributed by atoms with Gasteiger partial charge in [-0.15, -0.1) is 0 Å². The molecular weight excluding hydrogens is 522 g/mol. The Hall–Kier alpha value is -4.24. The van der Waals surface area contributed by atoms with Gasteiger partial charge in [0.1, 0.15) is 17.0 Å². The highest BCUT2D eigenvalue weighted by atomic mass is 16.5. The molecule has 0 bridgehead atoms. The molecule has 9 nitrogen and oxygen atoms in total. The van der Waals surface area contributed by atoms with Gasteiger partial charge in [0, 0.05) is 41.0 Å². The monoisotopic (exact) mass is 559 g/mol. The summed E-state index contributed by atoms with van der Waals surface area (Å²) in [6, 6.07) is 12.8. The van der Waals surface area contributed by atoms with E-state index in [0.717, 1.165) is 42.4 Å². The third kappa shape index (κ3) is 5.95. The van der Waals surface area contributed by atoms with Crippen LogP contribution in [0.5, 0.6) is 23.0 Å². The second-order valence-electron chi connectivity index (χ2n) is 10.5. The van der Waals surface area contributed by atoms with E-state index in [4.69, 9.17) is 29.1 Å². The lowest BCUT2D eigenvalue weighted by molar-refractivity contribution is 0.0920. The number of fused-ring (bicyclic) bond motifs is 1. The summed E-state index contributed by atoms with van der Waals surface area (Å²) >= 11 is 0. The standard InChI is InChI=1S/C32H37N3O6/c1-18(2)40-22-13-19(12-21(14-22)32(36)35-25-9-7-6-8-24(25)33)23-10-11-34-26-17-27(41-30(23)26)20-15-28(37-3)31(39-5)29(16-20)38-4/h10-18,24-25H,6-9,33H2,1-5H3,(H,35,36)/t24-,25+/m0/s1. The fraction of sp³-hybridized carbons (Fsp3) is 0.375. The van der Waals surface area contributed by atoms with Crippen LogP contribution < -0.4 is 30.0 Å². The van der Waals surface area contributed by atoms with Crippen LogP contribution in [0.4, 0.5) is 0 Å². The van der Waals surface area contributed by atoms with Gasteiger partial charge >= 0.3 is 0 Å². The first kappa shape index (κ1) is 28.3. The Labute approximate surface area is 239 Å². The Kier molecular flexibility index (Phi) is 8.35. The summed E-state index contributed by atoms with van der Waals surface area (Å²) in [4.78, 5) is 18.0. The van der Waals surface area contributed by atoms with E-state index in [1.54, 1.807) is 33.6 Å². The first-order chi connectivity index (χ1) is 19.8. The Bertz CT molecular complexity index is 1520. The molecule has 5 rings (SSSR count). The van der Waals surface area contributed by atoms with E-state index in [1.807, 2.05) is 50.2 Å². The summed E-state index contributed by atoms with van der Waals surface area (Å²) < 4.78 is 29.0. The van der Waals surface area contributed by atoms with E-state index in [9.17, 15) is 4.79 Å². The number of furan rings is 1. The number of benzene rings is 2. The first-order valence-corrected chi connectivity index (χ1v) is 13.9. The van der Waals surface area contributed by atoms with Crippen LogP contribution in [-0.2, 0) is 0 Å². The fourth-order valence-corrected chi connectivity index (χ4v) is 5.35. The maximum absolute atomic E-state index is 13.4. The molecule has 2 atom stereocenters. The van der Waals surface area contributed by atoms with E-state index >= 15 is 0 Å². The van der Waals surface area contributed by atoms with Gasteiger partial charge in [-0.2, -0.15) is 0 Å². The zero-order valence-electron chi connectivity index (χ0n) is 24.2. The minimum atomic E-state index is -0.175. The van der Waals surface area contributed by atoms with E-state index in [2.05, 4.69) is 10.3 Å². The van der Waals surface area contributed by atoms with Crippen molar-refractivity contribution >= 4 is 17.0 Å². The predicted molar refractivity (Wildman–Crippen MR) is 158 cm³/mol. The zero-order chi connectivity index (χ0) is 29.1. The van der Waals surface area contributed by atoms with E-state index in [0.29, 0.717) is 45.4 Å². The normalized spacial score (nSPS) is 17.0. The number of hydrogen-bond donors (Lipinski definition) is 2. The van der Waals surface area contributed by atoms with Gasteiger partial charge in [-0.1, -0.05) is 12.8 Å². The molecular formula is C32H37N3O6. The molecule has 0 saturated heterocycles. The Balaban J connectivity index is 1.57. The highest BCUT2D eigenvalue weighted by Gasteiger charge is 2.25. The summed E-state index contributed by atoms with van der Waals surface area (Å²) in [6.07, 6.45) is 5.60. The summed E-state index contributed by atoms with van der Waals surface area (Å²) in [6.45, 7) is 3.91. The van der Waals surface area contributed by atoms with E-state index in [1.165, 1.54) is 0 Å². The zero-order valence-corrected chi connectivity index (χ0v) is 24.2. The number of methoxy groups -OCH3 is 3. The average Bonchev–Trinajstić information content (AvgIpc) is 3.41. The third-order valence-electron chi connectivity index (χ3n) is 7.35. The molecule has 2 aromatic carbocycles. The van der Waals surface area contributed by atoms with E-state index in [-0.39, 0.29) is 24.1 Å². The number of ether oxygens (including phenoxy) is 4. The molecule has 0 aliphatic heterocycles. The van der Waals surface area contributed by atoms with Gasteiger partial charge < -0.3 is 34.4 Å². The highest BCUT2D eigenvalue weighted by Crippen LogP contribution is 2.43. The minimum Gasteiger partial charge on any atom is -0.493 e. The molecule has 1 aliphatic carbocycles. The number of nitrogens with zero attached hydrogens (tertiary/aromatic N) is 1. The molecule has 9 heteroatoms. The van der Waals surface area contributed by atoms with Crippen LogP contribution in [0.15, 0.2) is 53.1 Å². The molecule has 1 saturated carbocycles. The summed E-state index contributed by atoms with van der Waals surface area (Å²) in [7, 11) is 4.70. The van der Waals surface area contributed by atoms with Crippen molar-refractivity contribution in [3.63, 3.8) is 0 Å². The topological polar surface area (TPSA) is 118 Å². The fourth-order valence-electron chi connectivity index (χ4n) is 5.35. The predicted octanol–water partition coefficient (Wildman–Crippen LogP) is 5.97. The van der Waals surface area contributed by atoms with Crippen LogP contribution in [0.1, 0.15) is 49.9 Å². The van der Waals surface area contributed by atoms with Crippen molar-refractivity contribution in [2.45, 2.75) is 57.7 Å². The summed E-state index contributed by atoms with van der Waals surface area (Å²) in [5, 5.41) is 3.15. The second-order valence-corrected chi connectivity index (χ2v) is 10.5. The van der Waals surface area contributed by atoms with Crippen LogP contribution in [0.3, 0.4) is 0 Å². The maximum Gasteiger partial charge on any atom is 0.251 e. The number of rotatable bonds is 9. The Morgan fingerprint density at radius 3 is 2.37 bits per heavy atom. The van der Waals surface area contributed by atoms with Crippen LogP contribution >= 0.6 is 0 Å². The van der Waals surface area contributed by atoms with Crippen molar-refractivity contribution < 1.29 is 28.2 Å². The number of nitrogens with two attached hydrogens (primary N) is 1. The molecule has 2 heterocycles. The number of carbonyl (C=O) groups is 1. The van der Waals surface area contributed by atoms with Gasteiger partial charge in [0.15, 0.2) is 17.1 Å². The molecule has 1 aliphatic rings. The van der Waals surface area contributed by atoms with Crippen molar-refractivity contribution in [3.05, 3.63) is 54.2 Å². The molecule has 2 aromatic heterocycles. The highest BCUT2D eigenvalue weighted by molar-refractivity contribution is 5.98. The lowest BCUT2D eigenvalue weighted by Gasteiger charge is -2.29. The smallest absolute Gasteiger partial charge is 0.251 e. The third-order valence-corrected chi connectivity index (χ3v) is 7.35. The van der Waals surface area contributed by atoms with Gasteiger partial charge in [-0.05, 0) is 68.7 Å². The summed E-state index contributed by atoms with van der Waals surface area (Å²) in [5.74, 6) is 2.53. The largest absolute Gasteiger partial charge is 0.493 e. The molecule has 216 valence electrons. The van der Waals surface area contributed by atoms with Crippen molar-refractivity contribution in [1.82, 2.24) is 10.3 Å². The van der Waals surface area contributed by atoms with E-state index < -0.39 is 0 Å². The van der Waals surface area contributed by atoms with Gasteiger partial charge in [0.2, 0.25) is 5.75 Å². The van der Waals surface area contributed by atoms with Gasteiger partial charge in [0.05, 0.1) is 27.4 Å². The molecule has 41 heavy (non-hydrogen) atoms. The van der Waals surface area contributed by atoms with Crippen LogP contribution in [0, 0.1) is 0 Å². The molecule has 0 spiro atoms. The van der Waals surface area contributed by atoms with Crippen molar-refractivity contribution in [2.24, 2.45) is 5.73 Å². The lowest BCUT2D eigenvalue weighted by Crippen LogP contribution is -2.49. The lowest BCUT2D eigenvalue weighted by atomic mass is 9.90. The number of carbonyl (C=O) groups excluding carboxylic acids is 1. The molecule has 1 fully saturated rings. The first-order valence-electron chi connectivity index (χ1n) is 13.9. The van der Waals surface area contributed by atoms with Crippen LogP contribution in [0.25, 0.3) is 33.6 Å². The summed E-state index contributed by atoms with van der Waals surface area (Å²) in [5.41, 5.74) is 10.4. The van der Waals surface area contributed by atoms with Crippen LogP contribution in [-0.4, -0.2) is 50.4 Å². The Morgan fingerprint density at radius 2 is 1.71 bits per heavy atom. The second kappa shape index (κ2) is 12.1. The van der Waals surface area contributed by atoms with Crippen molar-refractivity contribution in [2.75, 3.05) is 21.3 Å². The van der Waals surface area contributed by atoms with Gasteiger partial charge in [-0.3, -0.25) is 9.78 Å². The molecule has 0 unspecified atom stereocenters. The van der Waals surface area contributed by atoms with Crippen molar-refractivity contribution in [1.29, 1.82) is 0 Å². The number of nitrogens with one attached hydrogen (secondary N) is 1. The number of pyridine rings is 1. The molecule has 3 N–H and O–H groups in total. The molecule has 0 radical (unpaired) electrons. The minimum absolute atomic E-state index is 0.0427. The number of hydrogen-bond acceptors (Lipinski definition) is 8. The number of amides is 1. The van der Waals surface area contributed by atoms with Gasteiger partial charge in [0.25, 0.3) is 5.91 Å². The molecule has 1 amide bonds.